The average molecular weight is 310 g/mol. The van der Waals surface area contributed by atoms with Crippen molar-refractivity contribution in [2.24, 2.45) is 0 Å². The first-order chi connectivity index (χ1) is 10.6. The van der Waals surface area contributed by atoms with Gasteiger partial charge < -0.3 is 14.0 Å². The van der Waals surface area contributed by atoms with E-state index >= 15 is 0 Å². The Labute approximate surface area is 126 Å². The molecule has 0 N–H and O–H groups in total. The van der Waals surface area contributed by atoms with Crippen molar-refractivity contribution in [3.05, 3.63) is 41.5 Å². The Morgan fingerprint density at radius 3 is 2.91 bits per heavy atom. The molecule has 1 aliphatic rings. The molecule has 1 aromatic carbocycles. The first-order valence-corrected chi connectivity index (χ1v) is 7.06. The second-order valence-electron chi connectivity index (χ2n) is 5.36. The molecule has 22 heavy (non-hydrogen) atoms. The van der Waals surface area contributed by atoms with E-state index in [-0.39, 0.29) is 12.2 Å². The second-order valence-corrected chi connectivity index (χ2v) is 5.36. The van der Waals surface area contributed by atoms with Gasteiger partial charge in [-0.15, -0.1) is 0 Å². The van der Waals surface area contributed by atoms with E-state index in [2.05, 4.69) is 14.9 Å². The predicted octanol–water partition coefficient (Wildman–Crippen LogP) is 3.29. The number of benzene rings is 1. The van der Waals surface area contributed by atoms with Crippen molar-refractivity contribution in [2.75, 3.05) is 6.61 Å². The van der Waals surface area contributed by atoms with Crippen LogP contribution in [0.3, 0.4) is 0 Å². The Balaban J connectivity index is 1.78. The normalized spacial score (nSPS) is 21.5. The molecule has 1 saturated heterocycles. The molecule has 2 heterocycles. The van der Waals surface area contributed by atoms with Gasteiger partial charge in [0.2, 0.25) is 0 Å². The summed E-state index contributed by atoms with van der Waals surface area (Å²) in [5, 5.41) is 3.91. The summed E-state index contributed by atoms with van der Waals surface area (Å²) < 4.78 is 40.2. The third-order valence-electron chi connectivity index (χ3n) is 3.68. The number of para-hydroxylation sites is 1. The van der Waals surface area contributed by atoms with Crippen molar-refractivity contribution >= 4 is 0 Å². The number of alkyl halides is 2. The molecule has 0 aliphatic carbocycles. The second kappa shape index (κ2) is 6.00. The molecule has 1 aromatic heterocycles. The summed E-state index contributed by atoms with van der Waals surface area (Å²) in [7, 11) is 0. The lowest BCUT2D eigenvalue weighted by atomic mass is 10.0. The topological polar surface area (TPSA) is 57.4 Å². The maximum atomic E-state index is 12.4. The maximum Gasteiger partial charge on any atom is 0.387 e. The Morgan fingerprint density at radius 1 is 1.36 bits per heavy atom. The average Bonchev–Trinajstić information content (AvgIpc) is 3.11. The molecular formula is C15H16F2N2O3. The van der Waals surface area contributed by atoms with Crippen LogP contribution >= 0.6 is 0 Å². The largest absolute Gasteiger partial charge is 0.435 e. The molecule has 0 radical (unpaired) electrons. The van der Waals surface area contributed by atoms with Crippen molar-refractivity contribution in [3.8, 4) is 5.75 Å². The van der Waals surface area contributed by atoms with E-state index in [1.807, 2.05) is 6.92 Å². The number of ether oxygens (including phenoxy) is 2. The van der Waals surface area contributed by atoms with Gasteiger partial charge in [-0.05, 0) is 25.8 Å². The monoisotopic (exact) mass is 310 g/mol. The Kier molecular flexibility index (Phi) is 4.06. The van der Waals surface area contributed by atoms with Gasteiger partial charge in [0.05, 0.1) is 0 Å². The Morgan fingerprint density at radius 2 is 2.18 bits per heavy atom. The number of aromatic nitrogens is 2. The van der Waals surface area contributed by atoms with Crippen LogP contribution in [0.25, 0.3) is 0 Å². The quantitative estimate of drug-likeness (QED) is 0.848. The third-order valence-corrected chi connectivity index (χ3v) is 3.68. The van der Waals surface area contributed by atoms with Crippen molar-refractivity contribution in [3.63, 3.8) is 0 Å². The van der Waals surface area contributed by atoms with E-state index < -0.39 is 12.2 Å². The van der Waals surface area contributed by atoms with Gasteiger partial charge in [-0.3, -0.25) is 0 Å². The number of hydrogen-bond donors (Lipinski definition) is 0. The van der Waals surface area contributed by atoms with Crippen LogP contribution in [0.15, 0.2) is 28.8 Å². The van der Waals surface area contributed by atoms with Crippen LogP contribution < -0.4 is 4.74 Å². The lowest BCUT2D eigenvalue weighted by Crippen LogP contribution is -2.20. The lowest BCUT2D eigenvalue weighted by Gasteiger charge is -2.16. The van der Waals surface area contributed by atoms with Crippen molar-refractivity contribution in [1.82, 2.24) is 10.1 Å². The molecule has 0 spiro atoms. The van der Waals surface area contributed by atoms with E-state index in [4.69, 9.17) is 9.26 Å². The van der Waals surface area contributed by atoms with Crippen molar-refractivity contribution in [2.45, 2.75) is 38.4 Å². The zero-order valence-electron chi connectivity index (χ0n) is 12.1. The summed E-state index contributed by atoms with van der Waals surface area (Å²) in [5.74, 6) is 0.955. The lowest BCUT2D eigenvalue weighted by molar-refractivity contribution is -0.0504. The summed E-state index contributed by atoms with van der Waals surface area (Å²) in [4.78, 5) is 4.33. The zero-order chi connectivity index (χ0) is 15.6. The summed E-state index contributed by atoms with van der Waals surface area (Å²) in [6.07, 6.45) is 2.02. The molecule has 5 nitrogen and oxygen atoms in total. The van der Waals surface area contributed by atoms with Crippen LogP contribution in [0.5, 0.6) is 5.75 Å². The fourth-order valence-corrected chi connectivity index (χ4v) is 2.52. The van der Waals surface area contributed by atoms with Gasteiger partial charge in [0, 0.05) is 18.6 Å². The Bertz CT molecular complexity index is 639. The van der Waals surface area contributed by atoms with Gasteiger partial charge in [-0.25, -0.2) is 0 Å². The summed E-state index contributed by atoms with van der Waals surface area (Å²) in [6, 6.07) is 6.57. The van der Waals surface area contributed by atoms with Crippen LogP contribution in [0.1, 0.15) is 37.0 Å². The SMILES string of the molecule is C[C@@]1(c2nc(Cc3ccccc3OC(F)F)no2)CCCO1. The highest BCUT2D eigenvalue weighted by Crippen LogP contribution is 2.34. The molecule has 2 aromatic rings. The van der Waals surface area contributed by atoms with Gasteiger partial charge in [-0.1, -0.05) is 23.4 Å². The number of hydrogen-bond acceptors (Lipinski definition) is 5. The summed E-state index contributed by atoms with van der Waals surface area (Å²) in [5.41, 5.74) is 0.0252. The van der Waals surface area contributed by atoms with Crippen molar-refractivity contribution in [1.29, 1.82) is 0 Å². The van der Waals surface area contributed by atoms with E-state index in [9.17, 15) is 8.78 Å². The minimum atomic E-state index is -2.87. The van der Waals surface area contributed by atoms with Crippen LogP contribution in [-0.4, -0.2) is 23.4 Å². The molecule has 0 bridgehead atoms. The first kappa shape index (κ1) is 14.9. The number of rotatable bonds is 5. The first-order valence-electron chi connectivity index (χ1n) is 7.06. The van der Waals surface area contributed by atoms with Crippen molar-refractivity contribution < 1.29 is 22.8 Å². The number of halogens is 2. The molecule has 118 valence electrons. The molecule has 1 fully saturated rings. The highest BCUT2D eigenvalue weighted by atomic mass is 19.3. The van der Waals surface area contributed by atoms with Gasteiger partial charge in [0.15, 0.2) is 5.82 Å². The fraction of sp³-hybridized carbons (Fsp3) is 0.467. The van der Waals surface area contributed by atoms with E-state index in [0.29, 0.717) is 23.9 Å². The number of nitrogens with zero attached hydrogens (tertiary/aromatic N) is 2. The third kappa shape index (κ3) is 3.09. The molecule has 0 saturated carbocycles. The van der Waals surface area contributed by atoms with E-state index in [0.717, 1.165) is 12.8 Å². The molecule has 3 rings (SSSR count). The smallest absolute Gasteiger partial charge is 0.387 e. The van der Waals surface area contributed by atoms with Crippen LogP contribution in [0.4, 0.5) is 8.78 Å². The molecular weight excluding hydrogens is 294 g/mol. The predicted molar refractivity (Wildman–Crippen MR) is 72.7 cm³/mol. The van der Waals surface area contributed by atoms with Crippen LogP contribution in [0, 0.1) is 0 Å². The summed E-state index contributed by atoms with van der Waals surface area (Å²) >= 11 is 0. The molecule has 7 heteroatoms. The Hall–Kier alpha value is -2.02. The standard InChI is InChI=1S/C15H16F2N2O3/c1-15(7-4-8-20-15)13-18-12(19-22-13)9-10-5-2-3-6-11(10)21-14(16)17/h2-3,5-6,14H,4,7-9H2,1H3/t15-/m0/s1. The molecule has 0 unspecified atom stereocenters. The van der Waals surface area contributed by atoms with Crippen LogP contribution in [0.2, 0.25) is 0 Å². The van der Waals surface area contributed by atoms with Gasteiger partial charge in [-0.2, -0.15) is 13.8 Å². The van der Waals surface area contributed by atoms with Gasteiger partial charge >= 0.3 is 6.61 Å². The van der Waals surface area contributed by atoms with Gasteiger partial charge in [0.25, 0.3) is 5.89 Å². The minimum absolute atomic E-state index is 0.118. The van der Waals surface area contributed by atoms with Crippen LogP contribution in [-0.2, 0) is 16.8 Å². The van der Waals surface area contributed by atoms with E-state index in [1.54, 1.807) is 18.2 Å². The molecule has 1 atom stereocenters. The van der Waals surface area contributed by atoms with E-state index in [1.165, 1.54) is 6.07 Å². The molecule has 1 aliphatic heterocycles. The summed E-state index contributed by atoms with van der Waals surface area (Å²) in [6.45, 7) is -0.294. The molecule has 0 amide bonds. The highest BCUT2D eigenvalue weighted by Gasteiger charge is 2.37. The fourth-order valence-electron chi connectivity index (χ4n) is 2.52. The zero-order valence-corrected chi connectivity index (χ0v) is 12.1. The maximum absolute atomic E-state index is 12.4. The highest BCUT2D eigenvalue weighted by molar-refractivity contribution is 5.35. The minimum Gasteiger partial charge on any atom is -0.435 e. The van der Waals surface area contributed by atoms with Gasteiger partial charge in [0.1, 0.15) is 11.4 Å².